The second-order valence-corrected chi connectivity index (χ2v) is 8.02. The molecule has 0 N–H and O–H groups in total. The minimum absolute atomic E-state index is 0.568. The molecule has 1 unspecified atom stereocenters. The normalized spacial score (nSPS) is 18.8. The van der Waals surface area contributed by atoms with Gasteiger partial charge in [0.1, 0.15) is 0 Å². The molecule has 0 aromatic heterocycles. The van der Waals surface area contributed by atoms with Gasteiger partial charge in [-0.1, -0.05) is 78.4 Å². The second kappa shape index (κ2) is 6.85. The summed E-state index contributed by atoms with van der Waals surface area (Å²) in [4.78, 5) is 0. The van der Waals surface area contributed by atoms with E-state index in [1.165, 1.54) is 59.9 Å². The first kappa shape index (κ1) is 16.6. The number of hydrogen-bond donors (Lipinski definition) is 0. The van der Waals surface area contributed by atoms with Crippen molar-refractivity contribution in [1.82, 2.24) is 0 Å². The Bertz CT molecular complexity index is 1020. The molecule has 0 saturated carbocycles. The third-order valence-corrected chi connectivity index (χ3v) is 6.48. The lowest BCUT2D eigenvalue weighted by Gasteiger charge is -2.33. The third-order valence-electron chi connectivity index (χ3n) is 6.48. The van der Waals surface area contributed by atoms with Crippen molar-refractivity contribution in [3.63, 3.8) is 0 Å². The van der Waals surface area contributed by atoms with Crippen LogP contribution < -0.4 is 0 Å². The molecule has 0 heteroatoms. The van der Waals surface area contributed by atoms with Gasteiger partial charge in [-0.2, -0.15) is 0 Å². The Balaban J connectivity index is 1.77. The van der Waals surface area contributed by atoms with E-state index in [0.29, 0.717) is 5.92 Å². The van der Waals surface area contributed by atoms with Crippen LogP contribution in [0.3, 0.4) is 0 Å². The summed E-state index contributed by atoms with van der Waals surface area (Å²) < 4.78 is 0. The first-order valence-corrected chi connectivity index (χ1v) is 10.3. The van der Waals surface area contributed by atoms with Gasteiger partial charge in [0, 0.05) is 5.92 Å². The smallest absolute Gasteiger partial charge is 0.00605 e. The molecule has 2 aliphatic rings. The van der Waals surface area contributed by atoms with Crippen LogP contribution in [0.1, 0.15) is 58.6 Å². The summed E-state index contributed by atoms with van der Waals surface area (Å²) in [5.74, 6) is 0.568. The van der Waals surface area contributed by atoms with Gasteiger partial charge in [0.05, 0.1) is 0 Å². The van der Waals surface area contributed by atoms with E-state index >= 15 is 0 Å². The van der Waals surface area contributed by atoms with E-state index in [-0.39, 0.29) is 0 Å². The molecule has 0 aliphatic heterocycles. The van der Waals surface area contributed by atoms with E-state index < -0.39 is 0 Å². The van der Waals surface area contributed by atoms with Gasteiger partial charge in [0.25, 0.3) is 0 Å². The molecule has 0 fully saturated rings. The quantitative estimate of drug-likeness (QED) is 0.473. The highest BCUT2D eigenvalue weighted by Crippen LogP contribution is 2.46. The maximum atomic E-state index is 2.38. The fourth-order valence-corrected chi connectivity index (χ4v) is 5.19. The average Bonchev–Trinajstić information content (AvgIpc) is 2.73. The number of benzene rings is 3. The lowest BCUT2D eigenvalue weighted by molar-refractivity contribution is 0.590. The van der Waals surface area contributed by atoms with Gasteiger partial charge < -0.3 is 0 Å². The first-order valence-electron chi connectivity index (χ1n) is 10.3. The summed E-state index contributed by atoms with van der Waals surface area (Å²) in [6, 6.07) is 27.1. The van der Waals surface area contributed by atoms with E-state index in [1.807, 2.05) is 0 Å². The fraction of sp³-hybridized carbons (Fsp3) is 0.259. The molecule has 3 aromatic rings. The number of allylic oxidation sites excluding steroid dienone is 1. The van der Waals surface area contributed by atoms with Gasteiger partial charge in [-0.05, 0) is 78.0 Å². The zero-order valence-electron chi connectivity index (χ0n) is 16.0. The Hall–Kier alpha value is -2.60. The van der Waals surface area contributed by atoms with Crippen molar-refractivity contribution in [2.45, 2.75) is 44.9 Å². The van der Waals surface area contributed by atoms with Crippen LogP contribution in [0.15, 0.2) is 78.4 Å². The molecular formula is C27H26. The number of hydrogen-bond acceptors (Lipinski definition) is 0. The number of fused-ring (bicyclic) bond motifs is 2. The molecule has 0 bridgehead atoms. The predicted molar refractivity (Wildman–Crippen MR) is 114 cm³/mol. The van der Waals surface area contributed by atoms with Crippen LogP contribution in [0.5, 0.6) is 0 Å². The number of aryl methyl sites for hydroxylation is 3. The van der Waals surface area contributed by atoms with Crippen LogP contribution >= 0.6 is 0 Å². The van der Waals surface area contributed by atoms with Crippen LogP contribution in [0.25, 0.3) is 5.57 Å². The lowest BCUT2D eigenvalue weighted by atomic mass is 9.71. The molecule has 134 valence electrons. The topological polar surface area (TPSA) is 0 Å². The van der Waals surface area contributed by atoms with Crippen molar-refractivity contribution >= 4 is 5.57 Å². The molecule has 3 aromatic carbocycles. The summed E-state index contributed by atoms with van der Waals surface area (Å²) in [7, 11) is 0. The van der Waals surface area contributed by atoms with Gasteiger partial charge in [-0.25, -0.2) is 0 Å². The molecule has 0 nitrogen and oxygen atoms in total. The Labute approximate surface area is 162 Å². The van der Waals surface area contributed by atoms with E-state index in [9.17, 15) is 0 Å². The van der Waals surface area contributed by atoms with Crippen molar-refractivity contribution in [3.05, 3.63) is 112 Å². The van der Waals surface area contributed by atoms with Crippen molar-refractivity contribution in [1.29, 1.82) is 0 Å². The maximum Gasteiger partial charge on any atom is 0.00605 e. The van der Waals surface area contributed by atoms with Crippen molar-refractivity contribution in [2.24, 2.45) is 0 Å². The largest absolute Gasteiger partial charge is 0.0620 e. The maximum absolute atomic E-state index is 2.38. The minimum atomic E-state index is 0.568. The SMILES string of the molecule is Cc1ccccc1C1=C(C2CCCc3ccccc32)CCc2ccccc21. The van der Waals surface area contributed by atoms with Crippen LogP contribution in [0.2, 0.25) is 0 Å². The molecule has 2 aliphatic carbocycles. The van der Waals surface area contributed by atoms with Crippen molar-refractivity contribution in [2.75, 3.05) is 0 Å². The van der Waals surface area contributed by atoms with Gasteiger partial charge in [0.15, 0.2) is 0 Å². The number of rotatable bonds is 2. The Kier molecular flexibility index (Phi) is 4.20. The summed E-state index contributed by atoms with van der Waals surface area (Å²) in [5, 5.41) is 0. The molecule has 5 rings (SSSR count). The van der Waals surface area contributed by atoms with Crippen LogP contribution in [0.4, 0.5) is 0 Å². The highest BCUT2D eigenvalue weighted by Gasteiger charge is 2.29. The molecule has 0 spiro atoms. The Morgan fingerprint density at radius 2 is 1.37 bits per heavy atom. The first-order chi connectivity index (χ1) is 13.3. The molecule has 0 radical (unpaired) electrons. The van der Waals surface area contributed by atoms with E-state index in [2.05, 4.69) is 79.7 Å². The van der Waals surface area contributed by atoms with Gasteiger partial charge >= 0.3 is 0 Å². The molecule has 1 atom stereocenters. The summed E-state index contributed by atoms with van der Waals surface area (Å²) >= 11 is 0. The van der Waals surface area contributed by atoms with E-state index in [1.54, 1.807) is 16.7 Å². The second-order valence-electron chi connectivity index (χ2n) is 8.02. The van der Waals surface area contributed by atoms with Crippen LogP contribution in [-0.2, 0) is 12.8 Å². The van der Waals surface area contributed by atoms with Crippen molar-refractivity contribution in [3.8, 4) is 0 Å². The summed E-state index contributed by atoms with van der Waals surface area (Å²) in [6.07, 6.45) is 6.16. The van der Waals surface area contributed by atoms with Crippen molar-refractivity contribution < 1.29 is 0 Å². The Morgan fingerprint density at radius 3 is 2.22 bits per heavy atom. The molecule has 0 heterocycles. The van der Waals surface area contributed by atoms with Gasteiger partial charge in [-0.3, -0.25) is 0 Å². The highest BCUT2D eigenvalue weighted by atomic mass is 14.3. The summed E-state index contributed by atoms with van der Waals surface area (Å²) in [6.45, 7) is 2.26. The molecule has 0 saturated heterocycles. The highest BCUT2D eigenvalue weighted by molar-refractivity contribution is 5.87. The van der Waals surface area contributed by atoms with Crippen LogP contribution in [0, 0.1) is 6.92 Å². The standard InChI is InChI=1S/C27H26/c1-19-9-2-5-13-22(19)27-24-15-7-4-11-21(24)17-18-26(27)25-16-8-12-20-10-3-6-14-23(20)25/h2-7,9-11,13-15,25H,8,12,16-18H2,1H3. The van der Waals surface area contributed by atoms with Gasteiger partial charge in [-0.15, -0.1) is 0 Å². The minimum Gasteiger partial charge on any atom is -0.0620 e. The lowest BCUT2D eigenvalue weighted by Crippen LogP contribution is -2.17. The Morgan fingerprint density at radius 1 is 0.667 bits per heavy atom. The van der Waals surface area contributed by atoms with Gasteiger partial charge in [0.2, 0.25) is 0 Å². The zero-order chi connectivity index (χ0) is 18.2. The zero-order valence-corrected chi connectivity index (χ0v) is 16.0. The van der Waals surface area contributed by atoms with E-state index in [4.69, 9.17) is 0 Å². The molecule has 27 heavy (non-hydrogen) atoms. The average molecular weight is 351 g/mol. The fourth-order valence-electron chi connectivity index (χ4n) is 5.19. The van der Waals surface area contributed by atoms with E-state index in [0.717, 1.165) is 0 Å². The summed E-state index contributed by atoms with van der Waals surface area (Å²) in [5.41, 5.74) is 12.1. The van der Waals surface area contributed by atoms with Crippen LogP contribution in [-0.4, -0.2) is 0 Å². The molecule has 0 amide bonds. The molecular weight excluding hydrogens is 324 g/mol. The monoisotopic (exact) mass is 350 g/mol. The predicted octanol–water partition coefficient (Wildman–Crippen LogP) is 6.86. The third kappa shape index (κ3) is 2.84.